The summed E-state index contributed by atoms with van der Waals surface area (Å²) in [7, 11) is 0. The van der Waals surface area contributed by atoms with E-state index in [0.717, 1.165) is 28.7 Å². The molecule has 0 unspecified atom stereocenters. The monoisotopic (exact) mass is 335 g/mol. The van der Waals surface area contributed by atoms with Crippen LogP contribution in [0, 0.1) is 0 Å². The highest BCUT2D eigenvalue weighted by atomic mass is 16.4. The van der Waals surface area contributed by atoms with Crippen LogP contribution >= 0.6 is 0 Å². The van der Waals surface area contributed by atoms with Crippen molar-refractivity contribution < 1.29 is 14.7 Å². The van der Waals surface area contributed by atoms with Crippen molar-refractivity contribution in [2.45, 2.75) is 31.2 Å². The van der Waals surface area contributed by atoms with Crippen molar-refractivity contribution in [3.8, 4) is 11.1 Å². The Bertz CT molecular complexity index is 767. The molecule has 0 radical (unpaired) electrons. The first-order valence-electron chi connectivity index (χ1n) is 8.45. The maximum atomic E-state index is 12.9. The van der Waals surface area contributed by atoms with Crippen LogP contribution < -0.4 is 5.32 Å². The molecule has 1 aliphatic rings. The highest BCUT2D eigenvalue weighted by Gasteiger charge is 2.35. The van der Waals surface area contributed by atoms with E-state index >= 15 is 0 Å². The number of carboxylic acid groups (broad SMARTS) is 1. The number of hydrogen-bond donors (Lipinski definition) is 2. The van der Waals surface area contributed by atoms with E-state index in [1.807, 2.05) is 48.5 Å². The molecule has 0 aromatic heterocycles. The third-order valence-electron chi connectivity index (χ3n) is 4.61. The van der Waals surface area contributed by atoms with Gasteiger partial charge in [-0.3, -0.25) is 4.79 Å². The van der Waals surface area contributed by atoms with Gasteiger partial charge in [0.15, 0.2) is 0 Å². The fraction of sp³-hybridized carbons (Fsp3) is 0.238. The number of rotatable bonds is 7. The van der Waals surface area contributed by atoms with Crippen LogP contribution in [0.3, 0.4) is 0 Å². The summed E-state index contributed by atoms with van der Waals surface area (Å²) in [5.41, 5.74) is 3.93. The summed E-state index contributed by atoms with van der Waals surface area (Å²) in [5, 5.41) is 12.1. The van der Waals surface area contributed by atoms with Crippen molar-refractivity contribution in [2.75, 3.05) is 0 Å². The summed E-state index contributed by atoms with van der Waals surface area (Å²) < 4.78 is 0. The first-order chi connectivity index (χ1) is 12.1. The number of carboxylic acids is 1. The fourth-order valence-corrected chi connectivity index (χ4v) is 3.42. The summed E-state index contributed by atoms with van der Waals surface area (Å²) in [4.78, 5) is 24.4. The second kappa shape index (κ2) is 7.34. The SMILES string of the molecule is C=CCCC[C@H](NC(=O)C1c2ccccc2-c2ccccc21)C(=O)O. The van der Waals surface area contributed by atoms with Crippen molar-refractivity contribution in [1.29, 1.82) is 0 Å². The van der Waals surface area contributed by atoms with Crippen LogP contribution in [0.1, 0.15) is 36.3 Å². The molecule has 1 amide bonds. The molecule has 2 N–H and O–H groups in total. The first-order valence-corrected chi connectivity index (χ1v) is 8.45. The number of nitrogens with one attached hydrogen (secondary N) is 1. The number of allylic oxidation sites excluding steroid dienone is 1. The number of amides is 1. The van der Waals surface area contributed by atoms with E-state index in [2.05, 4.69) is 11.9 Å². The van der Waals surface area contributed by atoms with E-state index < -0.39 is 17.9 Å². The second-order valence-corrected chi connectivity index (χ2v) is 6.23. The van der Waals surface area contributed by atoms with Crippen LogP contribution in [0.5, 0.6) is 0 Å². The number of hydrogen-bond acceptors (Lipinski definition) is 2. The third-order valence-corrected chi connectivity index (χ3v) is 4.61. The minimum absolute atomic E-state index is 0.261. The minimum atomic E-state index is -1.00. The van der Waals surface area contributed by atoms with Gasteiger partial charge < -0.3 is 10.4 Å². The van der Waals surface area contributed by atoms with Crippen LogP contribution in [-0.2, 0) is 9.59 Å². The third kappa shape index (κ3) is 3.33. The fourth-order valence-electron chi connectivity index (χ4n) is 3.42. The zero-order valence-corrected chi connectivity index (χ0v) is 13.9. The Morgan fingerprint density at radius 2 is 1.64 bits per heavy atom. The lowest BCUT2D eigenvalue weighted by Gasteiger charge is -2.19. The van der Waals surface area contributed by atoms with E-state index in [4.69, 9.17) is 0 Å². The van der Waals surface area contributed by atoms with E-state index in [-0.39, 0.29) is 5.91 Å². The Balaban J connectivity index is 1.86. The van der Waals surface area contributed by atoms with Gasteiger partial charge >= 0.3 is 5.97 Å². The maximum absolute atomic E-state index is 12.9. The maximum Gasteiger partial charge on any atom is 0.326 e. The standard InChI is InChI=1S/C21H21NO3/c1-2-3-4-13-18(21(24)25)22-20(23)19-16-11-7-5-9-14(16)15-10-6-8-12-17(15)19/h2,5-12,18-19H,1,3-4,13H2,(H,22,23)(H,24,25)/t18-/m0/s1. The quantitative estimate of drug-likeness (QED) is 0.598. The molecule has 0 fully saturated rings. The summed E-state index contributed by atoms with van der Waals surface area (Å²) >= 11 is 0. The van der Waals surface area contributed by atoms with Crippen molar-refractivity contribution in [3.63, 3.8) is 0 Å². The summed E-state index contributed by atoms with van der Waals surface area (Å²) in [6.07, 6.45) is 3.56. The van der Waals surface area contributed by atoms with Gasteiger partial charge in [0.1, 0.15) is 6.04 Å². The number of benzene rings is 2. The molecule has 0 saturated carbocycles. The summed E-state index contributed by atoms with van der Waals surface area (Å²) in [6, 6.07) is 14.7. The van der Waals surface area contributed by atoms with Gasteiger partial charge in [-0.15, -0.1) is 6.58 Å². The lowest BCUT2D eigenvalue weighted by molar-refractivity contribution is -0.142. The highest BCUT2D eigenvalue weighted by Crippen LogP contribution is 2.44. The molecule has 3 rings (SSSR count). The molecule has 1 aliphatic carbocycles. The molecule has 4 nitrogen and oxygen atoms in total. The predicted octanol–water partition coefficient (Wildman–Crippen LogP) is 3.72. The van der Waals surface area contributed by atoms with Crippen molar-refractivity contribution in [3.05, 3.63) is 72.3 Å². The van der Waals surface area contributed by atoms with E-state index in [0.29, 0.717) is 12.8 Å². The van der Waals surface area contributed by atoms with Gasteiger partial charge in [0, 0.05) is 0 Å². The molecule has 4 heteroatoms. The van der Waals surface area contributed by atoms with Gasteiger partial charge in [-0.1, -0.05) is 54.6 Å². The van der Waals surface area contributed by atoms with Crippen LogP contribution in [-0.4, -0.2) is 23.0 Å². The van der Waals surface area contributed by atoms with E-state index in [9.17, 15) is 14.7 Å². The zero-order valence-electron chi connectivity index (χ0n) is 13.9. The summed E-state index contributed by atoms with van der Waals surface area (Å²) in [6.45, 7) is 3.64. The first kappa shape index (κ1) is 17.0. The minimum Gasteiger partial charge on any atom is -0.480 e. The Hall–Kier alpha value is -2.88. The Morgan fingerprint density at radius 3 is 2.16 bits per heavy atom. The highest BCUT2D eigenvalue weighted by molar-refractivity contribution is 5.97. The molecule has 0 saturated heterocycles. The van der Waals surface area contributed by atoms with Gasteiger partial charge in [0.2, 0.25) is 5.91 Å². The average Bonchev–Trinajstić information content (AvgIpc) is 2.95. The van der Waals surface area contributed by atoms with Gasteiger partial charge in [-0.25, -0.2) is 4.79 Å². The van der Waals surface area contributed by atoms with Gasteiger partial charge in [0.05, 0.1) is 5.92 Å². The number of carbonyl (C=O) groups is 2. The molecule has 2 aromatic carbocycles. The largest absolute Gasteiger partial charge is 0.480 e. The van der Waals surface area contributed by atoms with Crippen LogP contribution in [0.4, 0.5) is 0 Å². The normalized spacial score (nSPS) is 13.6. The van der Waals surface area contributed by atoms with Crippen molar-refractivity contribution in [1.82, 2.24) is 5.32 Å². The molecule has 1 atom stereocenters. The lowest BCUT2D eigenvalue weighted by Crippen LogP contribution is -2.43. The predicted molar refractivity (Wildman–Crippen MR) is 97.3 cm³/mol. The Labute approximate surface area is 147 Å². The van der Waals surface area contributed by atoms with Crippen molar-refractivity contribution in [2.24, 2.45) is 0 Å². The Morgan fingerprint density at radius 1 is 1.08 bits per heavy atom. The zero-order chi connectivity index (χ0) is 17.8. The molecule has 0 spiro atoms. The van der Waals surface area contributed by atoms with Crippen molar-refractivity contribution >= 4 is 11.9 Å². The second-order valence-electron chi connectivity index (χ2n) is 6.23. The number of unbranched alkanes of at least 4 members (excludes halogenated alkanes) is 1. The van der Waals surface area contributed by atoms with Crippen LogP contribution in [0.25, 0.3) is 11.1 Å². The molecular weight excluding hydrogens is 314 g/mol. The average molecular weight is 335 g/mol. The van der Waals surface area contributed by atoms with Gasteiger partial charge in [-0.05, 0) is 41.5 Å². The van der Waals surface area contributed by atoms with Gasteiger partial charge in [-0.2, -0.15) is 0 Å². The van der Waals surface area contributed by atoms with Crippen LogP contribution in [0.2, 0.25) is 0 Å². The molecule has 0 aliphatic heterocycles. The molecular formula is C21H21NO3. The molecule has 0 bridgehead atoms. The Kier molecular flexibility index (Phi) is 4.98. The van der Waals surface area contributed by atoms with E-state index in [1.165, 1.54) is 0 Å². The summed E-state index contributed by atoms with van der Waals surface area (Å²) in [5.74, 6) is -1.73. The molecule has 0 heterocycles. The number of carbonyl (C=O) groups excluding carboxylic acids is 1. The van der Waals surface area contributed by atoms with Gasteiger partial charge in [0.25, 0.3) is 0 Å². The molecule has 25 heavy (non-hydrogen) atoms. The molecule has 2 aromatic rings. The van der Waals surface area contributed by atoms with E-state index in [1.54, 1.807) is 6.08 Å². The topological polar surface area (TPSA) is 66.4 Å². The lowest BCUT2D eigenvalue weighted by atomic mass is 9.95. The number of aliphatic carboxylic acids is 1. The van der Waals surface area contributed by atoms with Crippen LogP contribution in [0.15, 0.2) is 61.2 Å². The smallest absolute Gasteiger partial charge is 0.326 e. The molecule has 128 valence electrons. The number of fused-ring (bicyclic) bond motifs is 3.